The van der Waals surface area contributed by atoms with Crippen molar-refractivity contribution < 1.29 is 11.0 Å². The molecule has 0 saturated carbocycles. The maximum atomic E-state index is 9.32. The summed E-state index contributed by atoms with van der Waals surface area (Å²) in [7, 11) is 0. The van der Waals surface area contributed by atoms with Crippen LogP contribution in [0, 0.1) is 0 Å². The van der Waals surface area contributed by atoms with Gasteiger partial charge in [0.15, 0.2) is 0 Å². The van der Waals surface area contributed by atoms with E-state index >= 15 is 0 Å². The van der Waals surface area contributed by atoms with Crippen LogP contribution in [0.25, 0.3) is 172 Å². The van der Waals surface area contributed by atoms with Crippen molar-refractivity contribution in [3.05, 3.63) is 206 Å². The fourth-order valence-electron chi connectivity index (χ4n) is 13.3. The molecule has 0 spiro atoms. The molecule has 0 saturated heterocycles. The van der Waals surface area contributed by atoms with E-state index in [0.717, 1.165) is 98.6 Å². The van der Waals surface area contributed by atoms with Crippen molar-refractivity contribution >= 4 is 183 Å². The summed E-state index contributed by atoms with van der Waals surface area (Å²) >= 11 is 3.62. The molecule has 4 nitrogen and oxygen atoms in total. The number of nitrogens with zero attached hydrogens (tertiary/aromatic N) is 4. The van der Waals surface area contributed by atoms with Crippen molar-refractivity contribution in [3.8, 4) is 11.4 Å². The lowest BCUT2D eigenvalue weighted by molar-refractivity contribution is 1.18. The summed E-state index contributed by atoms with van der Waals surface area (Å²) in [6.07, 6.45) is 0. The highest BCUT2D eigenvalue weighted by Crippen LogP contribution is 2.52. The highest BCUT2D eigenvalue weighted by Gasteiger charge is 2.28. The van der Waals surface area contributed by atoms with Gasteiger partial charge in [0.25, 0.3) is 0 Å². The van der Waals surface area contributed by atoms with Crippen LogP contribution in [0.1, 0.15) is 11.0 Å². The van der Waals surface area contributed by atoms with Gasteiger partial charge in [0, 0.05) is 116 Å². The summed E-state index contributed by atoms with van der Waals surface area (Å²) in [5.41, 5.74) is 10.4. The Morgan fingerprint density at radius 2 is 0.694 bits per heavy atom. The molecule has 0 amide bonds. The zero-order chi connectivity index (χ0) is 53.2. The second kappa shape index (κ2) is 12.7. The third kappa shape index (κ3) is 4.27. The van der Waals surface area contributed by atoms with E-state index in [1.807, 2.05) is 80.3 Å². The molecule has 330 valence electrons. The van der Waals surface area contributed by atoms with Crippen molar-refractivity contribution in [1.82, 2.24) is 17.9 Å². The van der Waals surface area contributed by atoms with Gasteiger partial charge in [-0.15, -0.1) is 22.7 Å². The molecule has 0 unspecified atom stereocenters. The minimum Gasteiger partial charge on any atom is -0.309 e. The van der Waals surface area contributed by atoms with Crippen LogP contribution >= 0.6 is 22.7 Å². The third-order valence-corrected chi connectivity index (χ3v) is 18.2. The van der Waals surface area contributed by atoms with Gasteiger partial charge in [-0.3, -0.25) is 0 Å². The maximum Gasteiger partial charge on any atom is 0.0645 e. The smallest absolute Gasteiger partial charge is 0.0645 e. The predicted molar refractivity (Wildman–Crippen MR) is 310 cm³/mol. The molecule has 0 atom stereocenters. The minimum absolute atomic E-state index is 0.0526. The van der Waals surface area contributed by atoms with Crippen molar-refractivity contribution in [3.63, 3.8) is 0 Å². The van der Waals surface area contributed by atoms with Gasteiger partial charge in [-0.25, -0.2) is 0 Å². The second-order valence-corrected chi connectivity index (χ2v) is 21.5. The number of aromatic nitrogens is 4. The zero-order valence-corrected chi connectivity index (χ0v) is 39.2. The Bertz CT molecular complexity index is 5780. The summed E-state index contributed by atoms with van der Waals surface area (Å²) in [6.45, 7) is 0. The number of rotatable bonds is 2. The van der Waals surface area contributed by atoms with Gasteiger partial charge in [0.2, 0.25) is 0 Å². The molecule has 19 aromatic rings. The van der Waals surface area contributed by atoms with Crippen molar-refractivity contribution in [1.29, 1.82) is 0 Å². The van der Waals surface area contributed by atoms with E-state index in [9.17, 15) is 2.74 Å². The third-order valence-electron chi connectivity index (χ3n) is 16.0. The summed E-state index contributed by atoms with van der Waals surface area (Å²) in [5.74, 6) is 0. The Balaban J connectivity index is 0.986. The van der Waals surface area contributed by atoms with Crippen LogP contribution in [0.3, 0.4) is 0 Å². The van der Waals surface area contributed by atoms with Crippen LogP contribution in [0.15, 0.2) is 206 Å². The minimum atomic E-state index is -0.265. The van der Waals surface area contributed by atoms with E-state index in [1.165, 1.54) is 51.1 Å². The van der Waals surface area contributed by atoms with E-state index in [-0.39, 0.29) is 48.3 Å². The van der Waals surface area contributed by atoms with Gasteiger partial charge < -0.3 is 17.9 Å². The fourth-order valence-corrected chi connectivity index (χ4v) is 15.6. The van der Waals surface area contributed by atoms with Gasteiger partial charge >= 0.3 is 0 Å². The molecule has 0 radical (unpaired) electrons. The van der Waals surface area contributed by atoms with Crippen molar-refractivity contribution in [2.24, 2.45) is 0 Å². The van der Waals surface area contributed by atoms with Crippen LogP contribution in [0.4, 0.5) is 0 Å². The van der Waals surface area contributed by atoms with E-state index in [0.29, 0.717) is 21.8 Å². The summed E-state index contributed by atoms with van der Waals surface area (Å²) in [6, 6.07) is 54.3. The van der Waals surface area contributed by atoms with Gasteiger partial charge in [0.05, 0.1) is 66.1 Å². The first kappa shape index (κ1) is 30.6. The molecule has 0 aliphatic heterocycles. The number of benzene rings is 11. The summed E-state index contributed by atoms with van der Waals surface area (Å²) in [4.78, 5) is 0. The average Bonchev–Trinajstić information content (AvgIpc) is 4.54. The molecule has 0 bridgehead atoms. The highest BCUT2D eigenvalue weighted by atomic mass is 32.1. The van der Waals surface area contributed by atoms with Crippen LogP contribution in [0.2, 0.25) is 0 Å². The number of thiophene rings is 2. The fraction of sp³-hybridized carbons (Fsp3) is 0. The SMILES string of the molecule is [2H]c1c([2H])c([2H])c2c(c1[2H])c1ccccc1n2-c1ccc2c3c4c(cc5c6cc7c(cc6n(c2c1)c53)c1cc2sc3ccccc3c2c2c3ccc(-n5c6ccccc6c6c([2H])c([2H])c([2H])c([2H])c65)cc3n7c12)sc1ccccc14. The first-order chi connectivity index (χ1) is 39.0. The Morgan fingerprint density at radius 1 is 0.278 bits per heavy atom. The van der Waals surface area contributed by atoms with E-state index < -0.39 is 0 Å². The molecule has 72 heavy (non-hydrogen) atoms. The standard InChI is InChI=1S/C66H34N4S2/c1-7-19-49-37(13-1)38-14-2-8-20-50(38)67(49)35-25-27-41-53(29-35)69-55-31-46-48-34-60-62(44-18-6-12-24-58(44)72-60)64-42-28-26-36(68-51-21-9-3-15-39(51)40-16-4-10-22-52(40)68)30-54(42)70(66(48)64)56(46)32-45(55)47-33-59-61(63(41)65(47)69)43-17-5-11-23-57(43)71-59/h1-34H/i1D,3D,7D,9D,13D,15D,19D,21D. The van der Waals surface area contributed by atoms with Gasteiger partial charge in [-0.05, 0) is 84.9 Å². The molecule has 8 heterocycles. The monoisotopic (exact) mass is 954 g/mol. The molecule has 11 aromatic carbocycles. The van der Waals surface area contributed by atoms with E-state index in [4.69, 9.17) is 8.22 Å². The van der Waals surface area contributed by atoms with Gasteiger partial charge in [-0.1, -0.05) is 121 Å². The molecule has 19 rings (SSSR count). The van der Waals surface area contributed by atoms with Gasteiger partial charge in [0.1, 0.15) is 0 Å². The normalized spacial score (nSPS) is 14.6. The topological polar surface area (TPSA) is 18.7 Å². The molecular formula is C66H34N4S2. The summed E-state index contributed by atoms with van der Waals surface area (Å²) < 4.78 is 85.6. The molecular weight excluding hydrogens is 913 g/mol. The quantitative estimate of drug-likeness (QED) is 0.164. The average molecular weight is 955 g/mol. The zero-order valence-electron chi connectivity index (χ0n) is 45.6. The maximum absolute atomic E-state index is 9.32. The first-order valence-corrected chi connectivity index (χ1v) is 25.7. The van der Waals surface area contributed by atoms with Crippen molar-refractivity contribution in [2.45, 2.75) is 0 Å². The Kier molecular flexibility index (Phi) is 5.39. The lowest BCUT2D eigenvalue weighted by Crippen LogP contribution is -1.94. The Hall–Kier alpha value is -8.94. The highest BCUT2D eigenvalue weighted by molar-refractivity contribution is 7.26. The Labute approximate surface area is 427 Å². The van der Waals surface area contributed by atoms with Crippen LogP contribution in [-0.4, -0.2) is 17.9 Å². The van der Waals surface area contributed by atoms with Crippen molar-refractivity contribution in [2.75, 3.05) is 0 Å². The first-order valence-electron chi connectivity index (χ1n) is 28.1. The van der Waals surface area contributed by atoms with Gasteiger partial charge in [-0.2, -0.15) is 0 Å². The second-order valence-electron chi connectivity index (χ2n) is 19.4. The largest absolute Gasteiger partial charge is 0.309 e. The van der Waals surface area contributed by atoms with E-state index in [1.54, 1.807) is 0 Å². The number of fused-ring (bicyclic) bond motifs is 26. The van der Waals surface area contributed by atoms with Crippen LogP contribution in [0.5, 0.6) is 0 Å². The van der Waals surface area contributed by atoms with E-state index in [2.05, 4.69) is 118 Å². The Morgan fingerprint density at radius 3 is 1.18 bits per heavy atom. The number of hydrogen-bond donors (Lipinski definition) is 0. The van der Waals surface area contributed by atoms with Crippen LogP contribution < -0.4 is 0 Å². The number of hydrogen-bond acceptors (Lipinski definition) is 2. The molecule has 0 N–H and O–H groups in total. The molecule has 0 fully saturated rings. The number of para-hydroxylation sites is 4. The molecule has 0 aliphatic carbocycles. The lowest BCUT2D eigenvalue weighted by Gasteiger charge is -2.09. The predicted octanol–water partition coefficient (Wildman–Crippen LogP) is 18.9. The molecule has 8 aromatic heterocycles. The lowest BCUT2D eigenvalue weighted by atomic mass is 10.0. The van der Waals surface area contributed by atoms with Crippen LogP contribution in [-0.2, 0) is 0 Å². The molecule has 0 aliphatic rings. The summed E-state index contributed by atoms with van der Waals surface area (Å²) in [5, 5.41) is 16.4. The molecule has 6 heteroatoms.